The van der Waals surface area contributed by atoms with Crippen LogP contribution < -0.4 is 25.6 Å². The van der Waals surface area contributed by atoms with E-state index in [0.29, 0.717) is 17.2 Å². The van der Waals surface area contributed by atoms with Crippen LogP contribution in [0.2, 0.25) is 0 Å². The van der Waals surface area contributed by atoms with Gasteiger partial charge in [-0.15, -0.1) is 0 Å². The Balaban J connectivity index is 2.31. The van der Waals surface area contributed by atoms with Crippen LogP contribution in [0.4, 0.5) is 5.69 Å². The molecule has 108 valence electrons. The molecule has 0 spiro atoms. The summed E-state index contributed by atoms with van der Waals surface area (Å²) >= 11 is 0. The molecular weight excluding hydrogens is 262 g/mol. The van der Waals surface area contributed by atoms with Crippen molar-refractivity contribution < 1.29 is 19.1 Å². The normalized spacial score (nSPS) is 18.1. The SMILES string of the molecule is COc1ccc(OC)c(N2CC(C(=O)NN)CC2=O)c1. The van der Waals surface area contributed by atoms with Crippen LogP contribution >= 0.6 is 0 Å². The molecule has 2 rings (SSSR count). The Morgan fingerprint density at radius 1 is 1.40 bits per heavy atom. The number of benzene rings is 1. The molecule has 0 radical (unpaired) electrons. The van der Waals surface area contributed by atoms with E-state index < -0.39 is 5.92 Å². The lowest BCUT2D eigenvalue weighted by Crippen LogP contribution is -2.37. The van der Waals surface area contributed by atoms with Gasteiger partial charge in [0.25, 0.3) is 0 Å². The maximum atomic E-state index is 12.1. The van der Waals surface area contributed by atoms with Gasteiger partial charge in [-0.1, -0.05) is 0 Å². The summed E-state index contributed by atoms with van der Waals surface area (Å²) in [5.74, 6) is 5.32. The van der Waals surface area contributed by atoms with Crippen molar-refractivity contribution in [3.8, 4) is 11.5 Å². The zero-order valence-corrected chi connectivity index (χ0v) is 11.4. The van der Waals surface area contributed by atoms with Crippen LogP contribution in [0.25, 0.3) is 0 Å². The summed E-state index contributed by atoms with van der Waals surface area (Å²) in [5.41, 5.74) is 2.66. The Hall–Kier alpha value is -2.28. The summed E-state index contributed by atoms with van der Waals surface area (Å²) in [6, 6.07) is 5.17. The van der Waals surface area contributed by atoms with Gasteiger partial charge in [0.1, 0.15) is 11.5 Å². The van der Waals surface area contributed by atoms with Crippen LogP contribution in [0.5, 0.6) is 11.5 Å². The highest BCUT2D eigenvalue weighted by atomic mass is 16.5. The molecule has 20 heavy (non-hydrogen) atoms. The molecule has 1 aromatic rings. The van der Waals surface area contributed by atoms with Crippen molar-refractivity contribution in [2.75, 3.05) is 25.7 Å². The van der Waals surface area contributed by atoms with Gasteiger partial charge in [-0.2, -0.15) is 0 Å². The maximum Gasteiger partial charge on any atom is 0.239 e. The molecule has 2 amide bonds. The van der Waals surface area contributed by atoms with Crippen molar-refractivity contribution in [3.63, 3.8) is 0 Å². The summed E-state index contributed by atoms with van der Waals surface area (Å²) in [6.07, 6.45) is 0.128. The first-order chi connectivity index (χ1) is 9.60. The molecule has 7 heteroatoms. The third-order valence-electron chi connectivity index (χ3n) is 3.31. The lowest BCUT2D eigenvalue weighted by Gasteiger charge is -2.20. The molecule has 1 heterocycles. The van der Waals surface area contributed by atoms with E-state index in [0.717, 1.165) is 0 Å². The van der Waals surface area contributed by atoms with E-state index in [1.165, 1.54) is 12.0 Å². The molecule has 1 aromatic carbocycles. The molecule has 1 fully saturated rings. The van der Waals surface area contributed by atoms with Gasteiger partial charge in [0.2, 0.25) is 11.8 Å². The van der Waals surface area contributed by atoms with Crippen LogP contribution in [0.1, 0.15) is 6.42 Å². The average molecular weight is 279 g/mol. The van der Waals surface area contributed by atoms with Crippen LogP contribution in [-0.2, 0) is 9.59 Å². The number of rotatable bonds is 4. The number of anilines is 1. The molecule has 0 aromatic heterocycles. The van der Waals surface area contributed by atoms with E-state index in [-0.39, 0.29) is 24.8 Å². The van der Waals surface area contributed by atoms with Crippen LogP contribution in [0.3, 0.4) is 0 Å². The van der Waals surface area contributed by atoms with Gasteiger partial charge in [0, 0.05) is 19.0 Å². The summed E-state index contributed by atoms with van der Waals surface area (Å²) in [5, 5.41) is 0. The fourth-order valence-electron chi connectivity index (χ4n) is 2.24. The number of amides is 2. The van der Waals surface area contributed by atoms with E-state index in [9.17, 15) is 9.59 Å². The Morgan fingerprint density at radius 3 is 2.75 bits per heavy atom. The summed E-state index contributed by atoms with van der Waals surface area (Å²) in [7, 11) is 3.07. The molecule has 1 unspecified atom stereocenters. The number of hydrogen-bond donors (Lipinski definition) is 2. The Labute approximate surface area is 116 Å². The average Bonchev–Trinajstić information content (AvgIpc) is 2.87. The number of ether oxygens (including phenoxy) is 2. The van der Waals surface area contributed by atoms with E-state index in [1.807, 2.05) is 0 Å². The molecular formula is C13H17N3O4. The van der Waals surface area contributed by atoms with Crippen molar-refractivity contribution in [3.05, 3.63) is 18.2 Å². The van der Waals surface area contributed by atoms with Crippen molar-refractivity contribution in [2.24, 2.45) is 11.8 Å². The van der Waals surface area contributed by atoms with Gasteiger partial charge in [-0.25, -0.2) is 5.84 Å². The smallest absolute Gasteiger partial charge is 0.239 e. The quantitative estimate of drug-likeness (QED) is 0.461. The molecule has 1 aliphatic heterocycles. The molecule has 1 saturated heterocycles. The van der Waals surface area contributed by atoms with Crippen molar-refractivity contribution in [2.45, 2.75) is 6.42 Å². The van der Waals surface area contributed by atoms with Crippen LogP contribution in [0, 0.1) is 5.92 Å². The summed E-state index contributed by atoms with van der Waals surface area (Å²) < 4.78 is 10.4. The summed E-state index contributed by atoms with van der Waals surface area (Å²) in [6.45, 7) is 0.269. The molecule has 0 bridgehead atoms. The Bertz CT molecular complexity index is 532. The Morgan fingerprint density at radius 2 is 2.15 bits per heavy atom. The molecule has 1 aliphatic rings. The van der Waals surface area contributed by atoms with E-state index in [2.05, 4.69) is 5.43 Å². The molecule has 1 atom stereocenters. The van der Waals surface area contributed by atoms with Crippen LogP contribution in [0.15, 0.2) is 18.2 Å². The van der Waals surface area contributed by atoms with E-state index >= 15 is 0 Å². The van der Waals surface area contributed by atoms with Gasteiger partial charge in [-0.3, -0.25) is 15.0 Å². The first-order valence-corrected chi connectivity index (χ1v) is 6.13. The first-order valence-electron chi connectivity index (χ1n) is 6.13. The standard InChI is InChI=1S/C13H17N3O4/c1-19-9-3-4-11(20-2)10(6-9)16-7-8(5-12(16)17)13(18)15-14/h3-4,6,8H,5,7,14H2,1-2H3,(H,15,18). The second-order valence-electron chi connectivity index (χ2n) is 4.45. The fourth-order valence-corrected chi connectivity index (χ4v) is 2.24. The number of nitrogens with one attached hydrogen (secondary N) is 1. The number of carbonyl (C=O) groups is 2. The first kappa shape index (κ1) is 14.1. The molecule has 0 aliphatic carbocycles. The lowest BCUT2D eigenvalue weighted by molar-refractivity contribution is -0.126. The summed E-state index contributed by atoms with van der Waals surface area (Å²) in [4.78, 5) is 25.1. The minimum absolute atomic E-state index is 0.128. The predicted octanol–water partition coefficient (Wildman–Crippen LogP) is 0.0466. The topological polar surface area (TPSA) is 93.9 Å². The third kappa shape index (κ3) is 2.53. The van der Waals surface area contributed by atoms with Gasteiger partial charge in [-0.05, 0) is 12.1 Å². The minimum atomic E-state index is -0.455. The number of hydrogen-bond acceptors (Lipinski definition) is 5. The molecule has 3 N–H and O–H groups in total. The highest BCUT2D eigenvalue weighted by molar-refractivity contribution is 6.01. The van der Waals surface area contributed by atoms with Crippen LogP contribution in [-0.4, -0.2) is 32.6 Å². The molecule has 0 saturated carbocycles. The van der Waals surface area contributed by atoms with Crippen molar-refractivity contribution in [1.82, 2.24) is 5.43 Å². The number of nitrogens with zero attached hydrogens (tertiary/aromatic N) is 1. The van der Waals surface area contributed by atoms with Crippen molar-refractivity contribution in [1.29, 1.82) is 0 Å². The van der Waals surface area contributed by atoms with E-state index in [4.69, 9.17) is 15.3 Å². The van der Waals surface area contributed by atoms with Gasteiger partial charge < -0.3 is 14.4 Å². The zero-order chi connectivity index (χ0) is 14.7. The lowest BCUT2D eigenvalue weighted by atomic mass is 10.1. The van der Waals surface area contributed by atoms with Gasteiger partial charge >= 0.3 is 0 Å². The highest BCUT2D eigenvalue weighted by Gasteiger charge is 2.36. The number of methoxy groups -OCH3 is 2. The minimum Gasteiger partial charge on any atom is -0.497 e. The molecule has 7 nitrogen and oxygen atoms in total. The maximum absolute atomic E-state index is 12.1. The highest BCUT2D eigenvalue weighted by Crippen LogP contribution is 2.35. The second-order valence-corrected chi connectivity index (χ2v) is 4.45. The number of nitrogens with two attached hydrogens (primary N) is 1. The van der Waals surface area contributed by atoms with Gasteiger partial charge in [0.05, 0.1) is 25.8 Å². The van der Waals surface area contributed by atoms with Gasteiger partial charge in [0.15, 0.2) is 0 Å². The third-order valence-corrected chi connectivity index (χ3v) is 3.31. The largest absolute Gasteiger partial charge is 0.497 e. The van der Waals surface area contributed by atoms with Crippen molar-refractivity contribution >= 4 is 17.5 Å². The monoisotopic (exact) mass is 279 g/mol. The second kappa shape index (κ2) is 5.79. The fraction of sp³-hybridized carbons (Fsp3) is 0.385. The number of carbonyl (C=O) groups excluding carboxylic acids is 2. The zero-order valence-electron chi connectivity index (χ0n) is 11.4. The van der Waals surface area contributed by atoms with E-state index in [1.54, 1.807) is 25.3 Å². The predicted molar refractivity (Wildman–Crippen MR) is 72.3 cm³/mol. The Kier molecular flexibility index (Phi) is 4.09. The number of hydrazine groups is 1.